The van der Waals surface area contributed by atoms with Crippen molar-refractivity contribution in [3.8, 4) is 11.1 Å². The maximum Gasteiger partial charge on any atom is 0.160 e. The molecule has 2 aromatic carbocycles. The molecular formula is C15H12F2O. The van der Waals surface area contributed by atoms with Gasteiger partial charge in [-0.15, -0.1) is 0 Å². The van der Waals surface area contributed by atoms with Gasteiger partial charge in [0.25, 0.3) is 0 Å². The fraction of sp³-hybridized carbons (Fsp3) is 0.133. The molecule has 0 heterocycles. The van der Waals surface area contributed by atoms with Crippen LogP contribution in [0.4, 0.5) is 8.78 Å². The first-order chi connectivity index (χ1) is 8.52. The molecule has 0 N–H and O–H groups in total. The highest BCUT2D eigenvalue weighted by Gasteiger charge is 2.17. The molecule has 0 fully saturated rings. The normalized spacial score (nSPS) is 10.4. The number of hydrogen-bond donors (Lipinski definition) is 0. The van der Waals surface area contributed by atoms with Crippen LogP contribution in [-0.4, -0.2) is 5.78 Å². The minimum atomic E-state index is -0.660. The van der Waals surface area contributed by atoms with Gasteiger partial charge in [0, 0.05) is 5.56 Å². The Hall–Kier alpha value is -2.03. The van der Waals surface area contributed by atoms with Crippen molar-refractivity contribution in [2.45, 2.75) is 13.8 Å². The van der Waals surface area contributed by atoms with Gasteiger partial charge < -0.3 is 0 Å². The number of benzene rings is 2. The molecule has 92 valence electrons. The molecule has 0 saturated carbocycles. The van der Waals surface area contributed by atoms with Crippen molar-refractivity contribution in [3.05, 3.63) is 59.2 Å². The smallest absolute Gasteiger partial charge is 0.160 e. The van der Waals surface area contributed by atoms with Crippen LogP contribution >= 0.6 is 0 Å². The minimum Gasteiger partial charge on any atom is -0.294 e. The van der Waals surface area contributed by atoms with Crippen molar-refractivity contribution >= 4 is 5.78 Å². The highest BCUT2D eigenvalue weighted by Crippen LogP contribution is 2.30. The van der Waals surface area contributed by atoms with Crippen molar-refractivity contribution in [1.29, 1.82) is 0 Å². The molecule has 0 atom stereocenters. The van der Waals surface area contributed by atoms with Crippen molar-refractivity contribution in [1.82, 2.24) is 0 Å². The quantitative estimate of drug-likeness (QED) is 0.728. The van der Waals surface area contributed by atoms with Crippen LogP contribution in [0.1, 0.15) is 22.8 Å². The van der Waals surface area contributed by atoms with Gasteiger partial charge in [-0.05, 0) is 31.0 Å². The summed E-state index contributed by atoms with van der Waals surface area (Å²) in [4.78, 5) is 11.5. The Morgan fingerprint density at radius 1 is 1.06 bits per heavy atom. The Morgan fingerprint density at radius 3 is 2.39 bits per heavy atom. The van der Waals surface area contributed by atoms with E-state index in [1.165, 1.54) is 19.1 Å². The minimum absolute atomic E-state index is 0.138. The van der Waals surface area contributed by atoms with Gasteiger partial charge in [0.15, 0.2) is 5.78 Å². The zero-order valence-electron chi connectivity index (χ0n) is 10.1. The van der Waals surface area contributed by atoms with Crippen LogP contribution in [0.15, 0.2) is 36.4 Å². The lowest BCUT2D eigenvalue weighted by molar-refractivity contribution is 0.101. The van der Waals surface area contributed by atoms with E-state index in [9.17, 15) is 13.6 Å². The lowest BCUT2D eigenvalue weighted by Gasteiger charge is -2.10. The third kappa shape index (κ3) is 2.04. The third-order valence-electron chi connectivity index (χ3n) is 2.86. The predicted molar refractivity (Wildman–Crippen MR) is 66.5 cm³/mol. The van der Waals surface area contributed by atoms with E-state index in [2.05, 4.69) is 0 Å². The average molecular weight is 246 g/mol. The lowest BCUT2D eigenvalue weighted by Crippen LogP contribution is -2.00. The maximum atomic E-state index is 14.0. The summed E-state index contributed by atoms with van der Waals surface area (Å²) in [6, 6.07) is 9.04. The van der Waals surface area contributed by atoms with Crippen molar-refractivity contribution in [3.63, 3.8) is 0 Å². The van der Waals surface area contributed by atoms with E-state index >= 15 is 0 Å². The highest BCUT2D eigenvalue weighted by molar-refractivity contribution is 6.00. The van der Waals surface area contributed by atoms with Gasteiger partial charge in [0.1, 0.15) is 11.6 Å². The second-order valence-corrected chi connectivity index (χ2v) is 4.16. The summed E-state index contributed by atoms with van der Waals surface area (Å²) in [6.07, 6.45) is 0. The molecule has 0 aliphatic carbocycles. The summed E-state index contributed by atoms with van der Waals surface area (Å²) in [6.45, 7) is 2.94. The van der Waals surface area contributed by atoms with Gasteiger partial charge in [-0.2, -0.15) is 0 Å². The summed E-state index contributed by atoms with van der Waals surface area (Å²) in [5, 5.41) is 0. The number of hydrogen-bond acceptors (Lipinski definition) is 1. The summed E-state index contributed by atoms with van der Waals surface area (Å²) in [5.74, 6) is -1.50. The van der Waals surface area contributed by atoms with Crippen LogP contribution < -0.4 is 0 Å². The molecule has 18 heavy (non-hydrogen) atoms. The fourth-order valence-corrected chi connectivity index (χ4v) is 1.91. The number of halogens is 2. The first-order valence-corrected chi connectivity index (χ1v) is 5.57. The zero-order valence-corrected chi connectivity index (χ0v) is 10.1. The number of aryl methyl sites for hydroxylation is 1. The van der Waals surface area contributed by atoms with Crippen LogP contribution in [0, 0.1) is 18.6 Å². The summed E-state index contributed by atoms with van der Waals surface area (Å²) < 4.78 is 27.8. The predicted octanol–water partition coefficient (Wildman–Crippen LogP) is 4.14. The highest BCUT2D eigenvalue weighted by atomic mass is 19.1. The molecule has 0 aliphatic rings. The zero-order chi connectivity index (χ0) is 13.3. The molecule has 3 heteroatoms. The number of carbonyl (C=O) groups is 1. The van der Waals surface area contributed by atoms with Gasteiger partial charge in [0.05, 0.1) is 5.56 Å². The maximum absolute atomic E-state index is 14.0. The fourth-order valence-electron chi connectivity index (χ4n) is 1.91. The van der Waals surface area contributed by atoms with E-state index in [-0.39, 0.29) is 11.3 Å². The topological polar surface area (TPSA) is 17.1 Å². The van der Waals surface area contributed by atoms with Gasteiger partial charge in [0.2, 0.25) is 0 Å². The Balaban J connectivity index is 2.77. The molecule has 1 nitrogen and oxygen atoms in total. The molecule has 2 aromatic rings. The van der Waals surface area contributed by atoms with E-state index in [1.54, 1.807) is 31.2 Å². The first kappa shape index (κ1) is 12.4. The monoisotopic (exact) mass is 246 g/mol. The lowest BCUT2D eigenvalue weighted by atomic mass is 9.95. The summed E-state index contributed by atoms with van der Waals surface area (Å²) >= 11 is 0. The van der Waals surface area contributed by atoms with Gasteiger partial charge in [-0.1, -0.05) is 30.3 Å². The molecule has 0 unspecified atom stereocenters. The number of carbonyl (C=O) groups excluding carboxylic acids is 1. The molecule has 0 bridgehead atoms. The second-order valence-electron chi connectivity index (χ2n) is 4.16. The van der Waals surface area contributed by atoms with Crippen molar-refractivity contribution in [2.75, 3.05) is 0 Å². The average Bonchev–Trinajstić information content (AvgIpc) is 2.35. The molecular weight excluding hydrogens is 234 g/mol. The molecule has 0 saturated heterocycles. The van der Waals surface area contributed by atoms with E-state index in [1.807, 2.05) is 0 Å². The standard InChI is InChI=1S/C15H12F2O/c1-9-7-8-13(16)14(15(9)17)12-6-4-3-5-11(12)10(2)18/h3-8H,1-2H3. The van der Waals surface area contributed by atoms with E-state index in [0.29, 0.717) is 16.7 Å². The Kier molecular flexibility index (Phi) is 3.24. The Morgan fingerprint density at radius 2 is 1.72 bits per heavy atom. The second kappa shape index (κ2) is 4.69. The van der Waals surface area contributed by atoms with Crippen LogP contribution in [0.5, 0.6) is 0 Å². The SMILES string of the molecule is CC(=O)c1ccccc1-c1c(F)ccc(C)c1F. The van der Waals surface area contributed by atoms with E-state index < -0.39 is 11.6 Å². The largest absolute Gasteiger partial charge is 0.294 e. The molecule has 0 spiro atoms. The van der Waals surface area contributed by atoms with Crippen molar-refractivity contribution in [2.24, 2.45) is 0 Å². The van der Waals surface area contributed by atoms with Gasteiger partial charge >= 0.3 is 0 Å². The van der Waals surface area contributed by atoms with Crippen LogP contribution in [0.3, 0.4) is 0 Å². The molecule has 0 radical (unpaired) electrons. The molecule has 0 aromatic heterocycles. The van der Waals surface area contributed by atoms with Gasteiger partial charge in [-0.25, -0.2) is 8.78 Å². The Labute approximate surface area is 104 Å². The van der Waals surface area contributed by atoms with Gasteiger partial charge in [-0.3, -0.25) is 4.79 Å². The van der Waals surface area contributed by atoms with Crippen LogP contribution in [0.2, 0.25) is 0 Å². The van der Waals surface area contributed by atoms with Crippen LogP contribution in [-0.2, 0) is 0 Å². The number of ketones is 1. The summed E-state index contributed by atoms with van der Waals surface area (Å²) in [5.41, 5.74) is 0.829. The molecule has 2 rings (SSSR count). The van der Waals surface area contributed by atoms with E-state index in [4.69, 9.17) is 0 Å². The molecule has 0 amide bonds. The third-order valence-corrected chi connectivity index (χ3v) is 2.86. The van der Waals surface area contributed by atoms with Crippen LogP contribution in [0.25, 0.3) is 11.1 Å². The first-order valence-electron chi connectivity index (χ1n) is 5.57. The number of rotatable bonds is 2. The Bertz CT molecular complexity index is 618. The molecule has 0 aliphatic heterocycles. The number of Topliss-reactive ketones (excluding diaryl/α,β-unsaturated/α-hetero) is 1. The summed E-state index contributed by atoms with van der Waals surface area (Å²) in [7, 11) is 0. The van der Waals surface area contributed by atoms with Crippen molar-refractivity contribution < 1.29 is 13.6 Å². The van der Waals surface area contributed by atoms with E-state index in [0.717, 1.165) is 0 Å².